The number of hydrogen-bond donors (Lipinski definition) is 2. The molecular formula is C20H20O3. The van der Waals surface area contributed by atoms with Gasteiger partial charge in [0.05, 0.1) is 5.56 Å². The summed E-state index contributed by atoms with van der Waals surface area (Å²) >= 11 is 0. The Morgan fingerprint density at radius 2 is 1.48 bits per heavy atom. The van der Waals surface area contributed by atoms with Crippen LogP contribution in [0, 0.1) is 6.92 Å². The average Bonchev–Trinajstić information content (AvgIpc) is 2.59. The number of phenolic OH excluding ortho intramolecular Hbond substituents is 1. The second kappa shape index (κ2) is 6.97. The van der Waals surface area contributed by atoms with E-state index in [9.17, 15) is 15.0 Å². The molecule has 0 atom stereocenters. The van der Waals surface area contributed by atoms with Gasteiger partial charge in [0, 0.05) is 0 Å². The predicted molar refractivity (Wildman–Crippen MR) is 94.1 cm³/mol. The summed E-state index contributed by atoms with van der Waals surface area (Å²) in [6.07, 6.45) is 0. The van der Waals surface area contributed by atoms with Crippen LogP contribution in [-0.4, -0.2) is 16.2 Å². The molecule has 0 aliphatic carbocycles. The molecule has 118 valence electrons. The van der Waals surface area contributed by atoms with Crippen LogP contribution in [0.2, 0.25) is 0 Å². The van der Waals surface area contributed by atoms with Crippen LogP contribution in [0.3, 0.4) is 0 Å². The fourth-order valence-electron chi connectivity index (χ4n) is 2.64. The highest BCUT2D eigenvalue weighted by Gasteiger charge is 2.14. The Balaban J connectivity index is 0.000000924. The van der Waals surface area contributed by atoms with Crippen molar-refractivity contribution in [2.45, 2.75) is 20.8 Å². The molecule has 0 aliphatic heterocycles. The maximum atomic E-state index is 11.4. The largest absolute Gasteiger partial charge is 0.508 e. The van der Waals surface area contributed by atoms with Gasteiger partial charge in [-0.3, -0.25) is 0 Å². The third kappa shape index (κ3) is 3.04. The van der Waals surface area contributed by atoms with E-state index in [0.717, 1.165) is 21.9 Å². The molecule has 3 nitrogen and oxygen atoms in total. The number of carboxylic acid groups (broad SMARTS) is 1. The van der Waals surface area contributed by atoms with Crippen LogP contribution in [0.25, 0.3) is 21.9 Å². The van der Waals surface area contributed by atoms with Gasteiger partial charge in [-0.15, -0.1) is 0 Å². The van der Waals surface area contributed by atoms with Gasteiger partial charge in [0.15, 0.2) is 0 Å². The first kappa shape index (κ1) is 16.6. The molecule has 3 heteroatoms. The summed E-state index contributed by atoms with van der Waals surface area (Å²) in [5, 5.41) is 21.0. The fraction of sp³-hybridized carbons (Fsp3) is 0.150. The molecule has 0 saturated carbocycles. The minimum atomic E-state index is -0.946. The third-order valence-corrected chi connectivity index (χ3v) is 3.75. The van der Waals surface area contributed by atoms with Crippen molar-refractivity contribution in [1.29, 1.82) is 0 Å². The van der Waals surface area contributed by atoms with E-state index in [-0.39, 0.29) is 11.3 Å². The minimum absolute atomic E-state index is 0.242. The molecule has 3 aromatic rings. The number of aromatic carboxylic acids is 1. The number of carbonyl (C=O) groups is 1. The van der Waals surface area contributed by atoms with E-state index in [0.29, 0.717) is 5.56 Å². The van der Waals surface area contributed by atoms with E-state index in [4.69, 9.17) is 0 Å². The summed E-state index contributed by atoms with van der Waals surface area (Å²) in [6.45, 7) is 5.85. The van der Waals surface area contributed by atoms with Crippen molar-refractivity contribution < 1.29 is 15.0 Å². The number of benzene rings is 3. The van der Waals surface area contributed by atoms with Gasteiger partial charge in [0.2, 0.25) is 0 Å². The van der Waals surface area contributed by atoms with Crippen LogP contribution in [0.5, 0.6) is 5.75 Å². The molecule has 23 heavy (non-hydrogen) atoms. The Morgan fingerprint density at radius 1 is 0.826 bits per heavy atom. The lowest BCUT2D eigenvalue weighted by molar-refractivity contribution is 0.0697. The van der Waals surface area contributed by atoms with E-state index >= 15 is 0 Å². The lowest BCUT2D eigenvalue weighted by Crippen LogP contribution is -1.99. The van der Waals surface area contributed by atoms with E-state index in [1.54, 1.807) is 24.3 Å². The van der Waals surface area contributed by atoms with Gasteiger partial charge in [-0.25, -0.2) is 4.79 Å². The van der Waals surface area contributed by atoms with Gasteiger partial charge in [-0.05, 0) is 46.5 Å². The summed E-state index contributed by atoms with van der Waals surface area (Å²) in [6, 6.07) is 16.1. The molecule has 0 saturated heterocycles. The Morgan fingerprint density at radius 3 is 2.17 bits per heavy atom. The van der Waals surface area contributed by atoms with E-state index < -0.39 is 5.97 Å². The monoisotopic (exact) mass is 308 g/mol. The van der Waals surface area contributed by atoms with E-state index in [2.05, 4.69) is 0 Å². The zero-order chi connectivity index (χ0) is 17.0. The van der Waals surface area contributed by atoms with Crippen molar-refractivity contribution in [2.24, 2.45) is 0 Å². The molecule has 0 bridgehead atoms. The van der Waals surface area contributed by atoms with Crippen LogP contribution in [-0.2, 0) is 0 Å². The Hall–Kier alpha value is -2.81. The highest BCUT2D eigenvalue weighted by atomic mass is 16.4. The number of carboxylic acids is 1. The molecule has 0 aromatic heterocycles. The van der Waals surface area contributed by atoms with E-state index in [1.165, 1.54) is 0 Å². The molecule has 0 unspecified atom stereocenters. The van der Waals surface area contributed by atoms with Crippen molar-refractivity contribution in [3.63, 3.8) is 0 Å². The number of rotatable bonds is 2. The number of fused-ring (bicyclic) bond motifs is 1. The smallest absolute Gasteiger partial charge is 0.336 e. The molecule has 0 aliphatic rings. The number of aryl methyl sites for hydroxylation is 1. The van der Waals surface area contributed by atoms with Crippen LogP contribution < -0.4 is 0 Å². The Kier molecular flexibility index (Phi) is 5.02. The van der Waals surface area contributed by atoms with Crippen molar-refractivity contribution >= 4 is 16.7 Å². The van der Waals surface area contributed by atoms with Gasteiger partial charge >= 0.3 is 5.97 Å². The van der Waals surface area contributed by atoms with Crippen LogP contribution in [0.15, 0.2) is 54.6 Å². The first-order valence-electron chi connectivity index (χ1n) is 7.63. The van der Waals surface area contributed by atoms with Crippen LogP contribution in [0.4, 0.5) is 0 Å². The Labute approximate surface area is 135 Å². The standard InChI is InChI=1S/C18H14O3.C2H6/c1-11-12-7-4-8-13(15(12)9-10-17(11)19)14-5-2-3-6-16(14)18(20)21;1-2/h2-10,19H,1H3,(H,20,21);1-2H3. The van der Waals surface area contributed by atoms with Crippen molar-refractivity contribution in [2.75, 3.05) is 0 Å². The van der Waals surface area contributed by atoms with Gasteiger partial charge in [-0.1, -0.05) is 56.3 Å². The van der Waals surface area contributed by atoms with Gasteiger partial charge < -0.3 is 10.2 Å². The summed E-state index contributed by atoms with van der Waals surface area (Å²) in [5.74, 6) is -0.704. The highest BCUT2D eigenvalue weighted by molar-refractivity contribution is 6.04. The van der Waals surface area contributed by atoms with Crippen LogP contribution in [0.1, 0.15) is 29.8 Å². The SMILES string of the molecule is CC.Cc1c(O)ccc2c(-c3ccccc3C(=O)O)cccc12. The number of phenols is 1. The third-order valence-electron chi connectivity index (χ3n) is 3.75. The van der Waals surface area contributed by atoms with E-state index in [1.807, 2.05) is 51.1 Å². The van der Waals surface area contributed by atoms with Crippen LogP contribution >= 0.6 is 0 Å². The molecule has 0 radical (unpaired) electrons. The number of hydrogen-bond acceptors (Lipinski definition) is 2. The topological polar surface area (TPSA) is 57.5 Å². The molecule has 3 aromatic carbocycles. The quantitative estimate of drug-likeness (QED) is 0.680. The van der Waals surface area contributed by atoms with Crippen molar-refractivity contribution in [3.8, 4) is 16.9 Å². The second-order valence-electron chi connectivity index (χ2n) is 4.96. The molecule has 0 amide bonds. The predicted octanol–water partition coefficient (Wildman–Crippen LogP) is 5.25. The zero-order valence-corrected chi connectivity index (χ0v) is 13.5. The maximum absolute atomic E-state index is 11.4. The molecular weight excluding hydrogens is 288 g/mol. The Bertz CT molecular complexity index is 851. The molecule has 0 fully saturated rings. The summed E-state index contributed by atoms with van der Waals surface area (Å²) in [4.78, 5) is 11.4. The molecule has 3 rings (SSSR count). The highest BCUT2D eigenvalue weighted by Crippen LogP contribution is 2.34. The molecule has 0 heterocycles. The molecule has 0 spiro atoms. The van der Waals surface area contributed by atoms with Crippen molar-refractivity contribution in [1.82, 2.24) is 0 Å². The lowest BCUT2D eigenvalue weighted by Gasteiger charge is -2.12. The lowest BCUT2D eigenvalue weighted by atomic mass is 9.93. The van der Waals surface area contributed by atoms with Gasteiger partial charge in [-0.2, -0.15) is 0 Å². The summed E-state index contributed by atoms with van der Waals surface area (Å²) in [7, 11) is 0. The van der Waals surface area contributed by atoms with Crippen molar-refractivity contribution in [3.05, 3.63) is 65.7 Å². The second-order valence-corrected chi connectivity index (χ2v) is 4.96. The summed E-state index contributed by atoms with van der Waals surface area (Å²) in [5.41, 5.74) is 2.60. The zero-order valence-electron chi connectivity index (χ0n) is 13.5. The molecule has 2 N–H and O–H groups in total. The fourth-order valence-corrected chi connectivity index (χ4v) is 2.64. The first-order chi connectivity index (χ1) is 11.1. The average molecular weight is 308 g/mol. The van der Waals surface area contributed by atoms with Gasteiger partial charge in [0.25, 0.3) is 0 Å². The first-order valence-corrected chi connectivity index (χ1v) is 7.63. The summed E-state index contributed by atoms with van der Waals surface area (Å²) < 4.78 is 0. The minimum Gasteiger partial charge on any atom is -0.508 e. The normalized spacial score (nSPS) is 10.0. The number of aromatic hydroxyl groups is 1. The maximum Gasteiger partial charge on any atom is 0.336 e. The van der Waals surface area contributed by atoms with Gasteiger partial charge in [0.1, 0.15) is 5.75 Å².